The van der Waals surface area contributed by atoms with Gasteiger partial charge in [-0.15, -0.1) is 0 Å². The largest absolute Gasteiger partial charge is 0.415 e. The highest BCUT2D eigenvalue weighted by Crippen LogP contribution is 2.37. The Morgan fingerprint density at radius 2 is 1.91 bits per heavy atom. The molecule has 23 heavy (non-hydrogen) atoms. The highest BCUT2D eigenvalue weighted by atomic mass is 28.4. The number of likely N-dealkylation sites (tertiary alicyclic amines) is 1. The van der Waals surface area contributed by atoms with Gasteiger partial charge in [-0.05, 0) is 43.1 Å². The van der Waals surface area contributed by atoms with Gasteiger partial charge in [-0.2, -0.15) is 0 Å². The van der Waals surface area contributed by atoms with Gasteiger partial charge in [0.2, 0.25) is 0 Å². The van der Waals surface area contributed by atoms with Gasteiger partial charge in [0.1, 0.15) is 0 Å². The molecular weight excluding hydrogens is 298 g/mol. The predicted molar refractivity (Wildman–Crippen MR) is 103 cm³/mol. The van der Waals surface area contributed by atoms with E-state index in [9.17, 15) is 0 Å². The summed E-state index contributed by atoms with van der Waals surface area (Å²) in [5.74, 6) is 0. The third kappa shape index (κ3) is 5.30. The van der Waals surface area contributed by atoms with Crippen molar-refractivity contribution in [3.8, 4) is 0 Å². The second kappa shape index (κ2) is 7.78. The molecule has 0 bridgehead atoms. The third-order valence-electron chi connectivity index (χ3n) is 5.39. The van der Waals surface area contributed by atoms with Crippen LogP contribution in [-0.4, -0.2) is 39.0 Å². The van der Waals surface area contributed by atoms with Gasteiger partial charge in [-0.1, -0.05) is 63.3 Å². The fourth-order valence-electron chi connectivity index (χ4n) is 2.73. The lowest BCUT2D eigenvalue weighted by Crippen LogP contribution is -2.44. The zero-order valence-electron chi connectivity index (χ0n) is 15.5. The molecule has 1 fully saturated rings. The van der Waals surface area contributed by atoms with Crippen LogP contribution in [0.25, 0.3) is 6.08 Å². The lowest BCUT2D eigenvalue weighted by molar-refractivity contribution is 0.173. The molecule has 1 aromatic rings. The zero-order chi connectivity index (χ0) is 16.9. The predicted octanol–water partition coefficient (Wildman–Crippen LogP) is 5.19. The van der Waals surface area contributed by atoms with Crippen LogP contribution in [-0.2, 0) is 4.43 Å². The maximum absolute atomic E-state index is 6.45. The molecule has 1 aliphatic rings. The van der Waals surface area contributed by atoms with Crippen LogP contribution in [0.1, 0.15) is 39.2 Å². The maximum atomic E-state index is 6.45. The molecule has 0 aliphatic carbocycles. The van der Waals surface area contributed by atoms with E-state index in [0.29, 0.717) is 11.1 Å². The molecule has 0 aromatic heterocycles. The van der Waals surface area contributed by atoms with Crippen LogP contribution in [0.5, 0.6) is 0 Å². The minimum absolute atomic E-state index is 0.295. The first-order valence-electron chi connectivity index (χ1n) is 8.89. The molecule has 1 aromatic carbocycles. The quantitative estimate of drug-likeness (QED) is 0.665. The Hall–Kier alpha value is -0.903. The molecule has 3 heteroatoms. The lowest BCUT2D eigenvalue weighted by Gasteiger charge is -2.38. The first-order chi connectivity index (χ1) is 10.8. The van der Waals surface area contributed by atoms with Crippen LogP contribution in [0.4, 0.5) is 0 Å². The van der Waals surface area contributed by atoms with Gasteiger partial charge in [0, 0.05) is 19.2 Å². The molecule has 1 atom stereocenters. The normalized spacial score (nSPS) is 20.5. The van der Waals surface area contributed by atoms with Crippen LogP contribution >= 0.6 is 0 Å². The van der Waals surface area contributed by atoms with Crippen molar-refractivity contribution < 1.29 is 4.43 Å². The molecule has 0 N–H and O–H groups in total. The number of benzene rings is 1. The van der Waals surface area contributed by atoms with Gasteiger partial charge in [0.15, 0.2) is 8.32 Å². The smallest absolute Gasteiger partial charge is 0.192 e. The molecule has 1 unspecified atom stereocenters. The van der Waals surface area contributed by atoms with E-state index in [1.807, 2.05) is 0 Å². The molecule has 0 radical (unpaired) electrons. The van der Waals surface area contributed by atoms with Crippen molar-refractivity contribution in [1.29, 1.82) is 0 Å². The minimum Gasteiger partial charge on any atom is -0.415 e. The molecule has 1 heterocycles. The summed E-state index contributed by atoms with van der Waals surface area (Å²) in [5.41, 5.74) is 1.28. The first kappa shape index (κ1) is 18.4. The Morgan fingerprint density at radius 1 is 1.22 bits per heavy atom. The summed E-state index contributed by atoms with van der Waals surface area (Å²) in [5, 5.41) is 0.295. The molecule has 2 nitrogen and oxygen atoms in total. The molecule has 1 saturated heterocycles. The van der Waals surface area contributed by atoms with Crippen molar-refractivity contribution in [3.63, 3.8) is 0 Å². The van der Waals surface area contributed by atoms with E-state index < -0.39 is 8.32 Å². The van der Waals surface area contributed by atoms with E-state index in [4.69, 9.17) is 4.43 Å². The van der Waals surface area contributed by atoms with Crippen LogP contribution in [0.15, 0.2) is 36.4 Å². The summed E-state index contributed by atoms with van der Waals surface area (Å²) < 4.78 is 6.45. The minimum atomic E-state index is -1.63. The SMILES string of the molecule is CC(C)(C)[Si](C)(C)OCC1CCCN1C/C=C/c1ccccc1. The van der Waals surface area contributed by atoms with E-state index in [0.717, 1.165) is 13.2 Å². The molecule has 1 aliphatic heterocycles. The van der Waals surface area contributed by atoms with Crippen molar-refractivity contribution in [2.24, 2.45) is 0 Å². The van der Waals surface area contributed by atoms with Gasteiger partial charge in [-0.25, -0.2) is 0 Å². The van der Waals surface area contributed by atoms with Crippen molar-refractivity contribution in [3.05, 3.63) is 42.0 Å². The van der Waals surface area contributed by atoms with Crippen LogP contribution in [0.3, 0.4) is 0 Å². The number of rotatable bonds is 6. The van der Waals surface area contributed by atoms with Gasteiger partial charge in [0.25, 0.3) is 0 Å². The summed E-state index contributed by atoms with van der Waals surface area (Å²) in [6, 6.07) is 11.1. The topological polar surface area (TPSA) is 12.5 Å². The van der Waals surface area contributed by atoms with Gasteiger partial charge in [0.05, 0.1) is 0 Å². The van der Waals surface area contributed by atoms with E-state index >= 15 is 0 Å². The summed E-state index contributed by atoms with van der Waals surface area (Å²) >= 11 is 0. The average molecular weight is 332 g/mol. The van der Waals surface area contributed by atoms with Gasteiger partial charge >= 0.3 is 0 Å². The average Bonchev–Trinajstić information content (AvgIpc) is 2.93. The molecule has 2 rings (SSSR count). The zero-order valence-corrected chi connectivity index (χ0v) is 16.5. The summed E-state index contributed by atoms with van der Waals surface area (Å²) in [7, 11) is -1.63. The van der Waals surface area contributed by atoms with Gasteiger partial charge < -0.3 is 4.43 Å². The van der Waals surface area contributed by atoms with E-state index in [1.165, 1.54) is 24.9 Å². The monoisotopic (exact) mass is 331 g/mol. The second-order valence-corrected chi connectivity index (χ2v) is 13.0. The van der Waals surface area contributed by atoms with Gasteiger partial charge in [-0.3, -0.25) is 4.90 Å². The molecule has 0 saturated carbocycles. The number of nitrogens with zero attached hydrogens (tertiary/aromatic N) is 1. The molecule has 128 valence electrons. The Labute approximate surface area is 143 Å². The molecular formula is C20H33NOSi. The van der Waals surface area contributed by atoms with Crippen molar-refractivity contribution in [1.82, 2.24) is 4.90 Å². The van der Waals surface area contributed by atoms with Crippen LogP contribution in [0, 0.1) is 0 Å². The third-order valence-corrected chi connectivity index (χ3v) is 9.89. The van der Waals surface area contributed by atoms with Crippen LogP contribution in [0.2, 0.25) is 18.1 Å². The Bertz CT molecular complexity index is 504. The Morgan fingerprint density at radius 3 is 2.57 bits per heavy atom. The number of hydrogen-bond acceptors (Lipinski definition) is 2. The van der Waals surface area contributed by atoms with E-state index in [2.05, 4.69) is 81.2 Å². The highest BCUT2D eigenvalue weighted by molar-refractivity contribution is 6.74. The van der Waals surface area contributed by atoms with Crippen LogP contribution < -0.4 is 0 Å². The first-order valence-corrected chi connectivity index (χ1v) is 11.8. The van der Waals surface area contributed by atoms with Crippen molar-refractivity contribution >= 4 is 14.4 Å². The Balaban J connectivity index is 1.85. The van der Waals surface area contributed by atoms with Crippen molar-refractivity contribution in [2.75, 3.05) is 19.7 Å². The number of hydrogen-bond donors (Lipinski definition) is 0. The molecule has 0 spiro atoms. The van der Waals surface area contributed by atoms with E-state index in [-0.39, 0.29) is 0 Å². The summed E-state index contributed by atoms with van der Waals surface area (Å²) in [6.45, 7) is 14.8. The summed E-state index contributed by atoms with van der Waals surface area (Å²) in [6.07, 6.45) is 7.09. The lowest BCUT2D eigenvalue weighted by atomic mass is 10.2. The fourth-order valence-corrected chi connectivity index (χ4v) is 3.78. The standard InChI is InChI=1S/C20H33NOSi/c1-20(2,3)23(4,5)22-17-19-14-10-16-21(19)15-9-13-18-11-7-6-8-12-18/h6-9,11-13,19H,10,14-17H2,1-5H3/b13-9+. The van der Waals surface area contributed by atoms with E-state index in [1.54, 1.807) is 0 Å². The fraction of sp³-hybridized carbons (Fsp3) is 0.600. The Kier molecular flexibility index (Phi) is 6.23. The molecule has 0 amide bonds. The summed E-state index contributed by atoms with van der Waals surface area (Å²) in [4.78, 5) is 2.58. The maximum Gasteiger partial charge on any atom is 0.192 e. The van der Waals surface area contributed by atoms with Crippen molar-refractivity contribution in [2.45, 2.75) is 57.8 Å². The highest BCUT2D eigenvalue weighted by Gasteiger charge is 2.38. The second-order valence-electron chi connectivity index (χ2n) is 8.18.